The van der Waals surface area contributed by atoms with Gasteiger partial charge in [-0.25, -0.2) is 9.97 Å². The highest BCUT2D eigenvalue weighted by molar-refractivity contribution is 6.76. The van der Waals surface area contributed by atoms with Crippen molar-refractivity contribution in [1.82, 2.24) is 19.5 Å². The average Bonchev–Trinajstić information content (AvgIpc) is 3.17. The number of alkyl halides is 3. The lowest BCUT2D eigenvalue weighted by molar-refractivity contribution is -0.141. The number of halogens is 3. The highest BCUT2D eigenvalue weighted by Crippen LogP contribution is 2.60. The Hall–Kier alpha value is -2.46. The lowest BCUT2D eigenvalue weighted by Gasteiger charge is -2.22. The number of piperidine rings is 1. The number of pyridine rings is 1. The summed E-state index contributed by atoms with van der Waals surface area (Å²) < 4.78 is 48.2. The average molecular weight is 504 g/mol. The second kappa shape index (κ2) is 8.58. The van der Waals surface area contributed by atoms with Crippen LogP contribution in [0.15, 0.2) is 30.9 Å². The van der Waals surface area contributed by atoms with Crippen molar-refractivity contribution < 1.29 is 17.9 Å². The monoisotopic (exact) mass is 503 g/mol. The molecule has 6 nitrogen and oxygen atoms in total. The highest BCUT2D eigenvalue weighted by Gasteiger charge is 2.58. The van der Waals surface area contributed by atoms with Crippen LogP contribution >= 0.6 is 0 Å². The van der Waals surface area contributed by atoms with Crippen molar-refractivity contribution in [3.8, 4) is 11.1 Å². The fourth-order valence-electron chi connectivity index (χ4n) is 5.26. The van der Waals surface area contributed by atoms with Crippen LogP contribution in [-0.2, 0) is 17.6 Å². The molecular weight excluding hydrogens is 471 g/mol. The molecule has 3 aromatic rings. The molecular formula is C25H32F3N5OSi. The van der Waals surface area contributed by atoms with Gasteiger partial charge in [-0.2, -0.15) is 13.2 Å². The van der Waals surface area contributed by atoms with Crippen LogP contribution in [0, 0.1) is 11.3 Å². The summed E-state index contributed by atoms with van der Waals surface area (Å²) in [6.45, 7) is 11.9. The van der Waals surface area contributed by atoms with Crippen molar-refractivity contribution in [2.75, 3.05) is 24.6 Å². The number of hydrogen-bond acceptors (Lipinski definition) is 5. The minimum Gasteiger partial charge on any atom is -0.361 e. The molecule has 2 aliphatic rings. The second-order valence-electron chi connectivity index (χ2n) is 11.2. The van der Waals surface area contributed by atoms with Crippen LogP contribution in [0.3, 0.4) is 0 Å². The Balaban J connectivity index is 1.56. The van der Waals surface area contributed by atoms with Gasteiger partial charge >= 0.3 is 6.18 Å². The molecule has 0 N–H and O–H groups in total. The largest absolute Gasteiger partial charge is 0.433 e. The van der Waals surface area contributed by atoms with Crippen LogP contribution in [0.2, 0.25) is 25.7 Å². The Morgan fingerprint density at radius 2 is 2.00 bits per heavy atom. The maximum absolute atomic E-state index is 13.4. The van der Waals surface area contributed by atoms with E-state index in [-0.39, 0.29) is 6.73 Å². The Morgan fingerprint density at radius 1 is 1.20 bits per heavy atom. The highest BCUT2D eigenvalue weighted by atomic mass is 28.3. The minimum absolute atomic E-state index is 0.288. The van der Waals surface area contributed by atoms with Gasteiger partial charge in [-0.3, -0.25) is 4.98 Å². The molecule has 1 saturated carbocycles. The summed E-state index contributed by atoms with van der Waals surface area (Å²) in [6, 6.07) is 3.76. The van der Waals surface area contributed by atoms with Gasteiger partial charge in [0.25, 0.3) is 0 Å². The third kappa shape index (κ3) is 4.70. The molecule has 1 aliphatic heterocycles. The van der Waals surface area contributed by atoms with Crippen LogP contribution in [0.1, 0.15) is 25.5 Å². The van der Waals surface area contributed by atoms with E-state index in [1.807, 2.05) is 10.8 Å². The molecule has 5 rings (SSSR count). The molecule has 0 spiro atoms. The van der Waals surface area contributed by atoms with E-state index in [4.69, 9.17) is 4.74 Å². The van der Waals surface area contributed by atoms with Crippen molar-refractivity contribution in [3.63, 3.8) is 0 Å². The molecule has 3 aromatic heterocycles. The topological polar surface area (TPSA) is 56.1 Å². The van der Waals surface area contributed by atoms with E-state index in [9.17, 15) is 13.2 Å². The first-order valence-electron chi connectivity index (χ1n) is 12.2. The maximum Gasteiger partial charge on any atom is 0.433 e. The molecule has 4 heterocycles. The number of anilines is 1. The number of aromatic nitrogens is 4. The Bertz CT molecular complexity index is 1230. The Kier molecular flexibility index (Phi) is 5.94. The molecule has 0 amide bonds. The lowest BCUT2D eigenvalue weighted by Crippen LogP contribution is -2.25. The number of fused-ring (bicyclic) bond motifs is 2. The molecule has 0 aromatic carbocycles. The first kappa shape index (κ1) is 24.2. The lowest BCUT2D eigenvalue weighted by atomic mass is 10.0. The number of rotatable bonds is 8. The zero-order valence-electron chi connectivity index (χ0n) is 20.7. The van der Waals surface area contributed by atoms with Crippen LogP contribution in [-0.4, -0.2) is 47.3 Å². The number of nitrogens with zero attached hydrogens (tertiary/aromatic N) is 5. The van der Waals surface area contributed by atoms with Crippen LogP contribution in [0.5, 0.6) is 0 Å². The molecule has 188 valence electrons. The van der Waals surface area contributed by atoms with Crippen LogP contribution < -0.4 is 4.90 Å². The normalized spacial score (nSPS) is 22.1. The SMILES string of the molecule is CCC12CC1CN(c1ncnc3c1c(-c1ccnc(C(F)(F)F)c1)cn3COCC[Si](C)(C)C)C2. The van der Waals surface area contributed by atoms with Gasteiger partial charge in [-0.05, 0) is 47.9 Å². The van der Waals surface area contributed by atoms with Crippen LogP contribution in [0.4, 0.5) is 19.0 Å². The summed E-state index contributed by atoms with van der Waals surface area (Å²) >= 11 is 0. The van der Waals surface area contributed by atoms with Crippen molar-refractivity contribution >= 4 is 24.9 Å². The van der Waals surface area contributed by atoms with Gasteiger partial charge in [-0.15, -0.1) is 0 Å². The van der Waals surface area contributed by atoms with Gasteiger partial charge in [0, 0.05) is 45.7 Å². The predicted octanol–water partition coefficient (Wildman–Crippen LogP) is 6.06. The third-order valence-corrected chi connectivity index (χ3v) is 9.23. The predicted molar refractivity (Wildman–Crippen MR) is 133 cm³/mol. The maximum atomic E-state index is 13.4. The molecule has 1 aliphatic carbocycles. The summed E-state index contributed by atoms with van der Waals surface area (Å²) in [6.07, 6.45) is 2.46. The summed E-state index contributed by atoms with van der Waals surface area (Å²) in [7, 11) is -1.24. The molecule has 2 fully saturated rings. The van der Waals surface area contributed by atoms with E-state index in [2.05, 4.69) is 46.4 Å². The van der Waals surface area contributed by atoms with E-state index < -0.39 is 19.9 Å². The van der Waals surface area contributed by atoms with Gasteiger partial charge in [0.05, 0.1) is 5.39 Å². The molecule has 2 unspecified atom stereocenters. The number of ether oxygens (including phenoxy) is 1. The smallest absolute Gasteiger partial charge is 0.361 e. The fraction of sp³-hybridized carbons (Fsp3) is 0.560. The van der Waals surface area contributed by atoms with Gasteiger partial charge < -0.3 is 14.2 Å². The minimum atomic E-state index is -4.52. The molecule has 35 heavy (non-hydrogen) atoms. The molecule has 0 bridgehead atoms. The van der Waals surface area contributed by atoms with E-state index in [0.717, 1.165) is 42.8 Å². The standard InChI is InChI=1S/C25H32F3N5OSi/c1-5-24-11-18(24)12-32(14-24)22-21-19(17-6-7-29-20(10-17)25(26,27)28)13-33(23(21)31-15-30-22)16-34-8-9-35(2,3)4/h6-7,10,13,15,18H,5,8-9,11-12,14,16H2,1-4H3. The fourth-order valence-corrected chi connectivity index (χ4v) is 6.02. The summed E-state index contributed by atoms with van der Waals surface area (Å²) in [5, 5.41) is 0.771. The van der Waals surface area contributed by atoms with Gasteiger partial charge in [-0.1, -0.05) is 26.6 Å². The second-order valence-corrected chi connectivity index (χ2v) is 16.8. The Morgan fingerprint density at radius 3 is 2.69 bits per heavy atom. The molecule has 10 heteroatoms. The summed E-state index contributed by atoms with van der Waals surface area (Å²) in [5.74, 6) is 1.45. The van der Waals surface area contributed by atoms with Gasteiger partial charge in [0.2, 0.25) is 0 Å². The van der Waals surface area contributed by atoms with Crippen molar-refractivity contribution in [2.45, 2.75) is 58.4 Å². The van der Waals surface area contributed by atoms with Crippen molar-refractivity contribution in [1.29, 1.82) is 0 Å². The van der Waals surface area contributed by atoms with Crippen molar-refractivity contribution in [2.24, 2.45) is 11.3 Å². The van der Waals surface area contributed by atoms with E-state index in [0.29, 0.717) is 34.7 Å². The van der Waals surface area contributed by atoms with E-state index in [1.165, 1.54) is 12.6 Å². The molecule has 0 radical (unpaired) electrons. The summed E-state index contributed by atoms with van der Waals surface area (Å²) in [5.41, 5.74) is 1.23. The zero-order valence-corrected chi connectivity index (χ0v) is 21.7. The van der Waals surface area contributed by atoms with E-state index in [1.54, 1.807) is 12.4 Å². The van der Waals surface area contributed by atoms with Gasteiger partial charge in [0.15, 0.2) is 0 Å². The zero-order chi connectivity index (χ0) is 25.0. The molecule has 1 saturated heterocycles. The van der Waals surface area contributed by atoms with Gasteiger partial charge in [0.1, 0.15) is 30.2 Å². The first-order valence-corrected chi connectivity index (χ1v) is 15.9. The summed E-state index contributed by atoms with van der Waals surface area (Å²) in [4.78, 5) is 15.0. The van der Waals surface area contributed by atoms with E-state index >= 15 is 0 Å². The third-order valence-electron chi connectivity index (χ3n) is 7.53. The molecule has 2 atom stereocenters. The quantitative estimate of drug-likeness (QED) is 0.276. The Labute approximate surface area is 204 Å². The van der Waals surface area contributed by atoms with Crippen LogP contribution in [0.25, 0.3) is 22.2 Å². The first-order chi connectivity index (χ1) is 16.5. The number of hydrogen-bond donors (Lipinski definition) is 0. The van der Waals surface area contributed by atoms with Crippen molar-refractivity contribution in [3.05, 3.63) is 36.5 Å².